The van der Waals surface area contributed by atoms with Gasteiger partial charge in [0.1, 0.15) is 11.9 Å². The first-order valence-electron chi connectivity index (χ1n) is 7.19. The van der Waals surface area contributed by atoms with Crippen molar-refractivity contribution in [3.63, 3.8) is 0 Å². The van der Waals surface area contributed by atoms with E-state index in [2.05, 4.69) is 60.8 Å². The van der Waals surface area contributed by atoms with Gasteiger partial charge in [-0.2, -0.15) is 0 Å². The van der Waals surface area contributed by atoms with E-state index >= 15 is 0 Å². The molecule has 5 heteroatoms. The van der Waals surface area contributed by atoms with E-state index in [4.69, 9.17) is 9.72 Å². The lowest BCUT2D eigenvalue weighted by Crippen LogP contribution is -2.20. The van der Waals surface area contributed by atoms with Gasteiger partial charge in [-0.25, -0.2) is 9.97 Å². The van der Waals surface area contributed by atoms with Crippen molar-refractivity contribution in [1.29, 1.82) is 0 Å². The lowest BCUT2D eigenvalue weighted by atomic mass is 9.91. The van der Waals surface area contributed by atoms with Crippen molar-refractivity contribution < 1.29 is 4.74 Å². The molecule has 0 spiro atoms. The second-order valence-electron chi connectivity index (χ2n) is 5.89. The fraction of sp³-hybridized carbons (Fsp3) is 0.733. The van der Waals surface area contributed by atoms with Gasteiger partial charge in [-0.1, -0.05) is 34.1 Å². The molecule has 1 N–H and O–H groups in total. The Labute approximate surface area is 130 Å². The Morgan fingerprint density at radius 1 is 1.25 bits per heavy atom. The molecule has 0 aliphatic heterocycles. The summed E-state index contributed by atoms with van der Waals surface area (Å²) in [6.07, 6.45) is 1.92. The Balaban J connectivity index is 3.35. The third kappa shape index (κ3) is 4.16. The van der Waals surface area contributed by atoms with Crippen molar-refractivity contribution in [3.05, 3.63) is 16.0 Å². The second-order valence-corrected chi connectivity index (χ2v) is 6.68. The van der Waals surface area contributed by atoms with Crippen LogP contribution in [-0.4, -0.2) is 23.6 Å². The number of rotatable bonds is 6. The Kier molecular flexibility index (Phi) is 6.40. The summed E-state index contributed by atoms with van der Waals surface area (Å²) in [7, 11) is 1.72. The van der Waals surface area contributed by atoms with E-state index in [0.717, 1.165) is 41.2 Å². The third-order valence-electron chi connectivity index (χ3n) is 3.05. The molecular weight excluding hydrogens is 318 g/mol. The van der Waals surface area contributed by atoms with Crippen molar-refractivity contribution in [2.75, 3.05) is 19.0 Å². The van der Waals surface area contributed by atoms with Crippen LogP contribution in [-0.2, 0) is 10.2 Å². The van der Waals surface area contributed by atoms with Gasteiger partial charge in [-0.3, -0.25) is 0 Å². The van der Waals surface area contributed by atoms with Crippen LogP contribution in [0.3, 0.4) is 0 Å². The number of ether oxygens (including phenoxy) is 1. The molecule has 0 aromatic carbocycles. The summed E-state index contributed by atoms with van der Waals surface area (Å²) in [6.45, 7) is 11.5. The first-order chi connectivity index (χ1) is 9.35. The topological polar surface area (TPSA) is 47.0 Å². The fourth-order valence-electron chi connectivity index (χ4n) is 2.00. The zero-order valence-corrected chi connectivity index (χ0v) is 15.0. The zero-order valence-electron chi connectivity index (χ0n) is 13.4. The van der Waals surface area contributed by atoms with Gasteiger partial charge in [0.25, 0.3) is 0 Å². The molecule has 1 heterocycles. The van der Waals surface area contributed by atoms with Gasteiger partial charge in [-0.15, -0.1) is 0 Å². The minimum atomic E-state index is -0.0504. The summed E-state index contributed by atoms with van der Waals surface area (Å²) >= 11 is 3.63. The predicted octanol–water partition coefficient (Wildman–Crippen LogP) is 4.46. The fourth-order valence-corrected chi connectivity index (χ4v) is 2.92. The molecule has 1 aromatic rings. The number of hydrogen-bond donors (Lipinski definition) is 1. The third-order valence-corrected chi connectivity index (χ3v) is 3.80. The maximum atomic E-state index is 5.55. The van der Waals surface area contributed by atoms with Crippen LogP contribution in [0.5, 0.6) is 0 Å². The van der Waals surface area contributed by atoms with Gasteiger partial charge in [0.15, 0.2) is 5.82 Å². The van der Waals surface area contributed by atoms with E-state index in [9.17, 15) is 0 Å². The van der Waals surface area contributed by atoms with Gasteiger partial charge in [0.05, 0.1) is 10.2 Å². The van der Waals surface area contributed by atoms with Gasteiger partial charge in [0, 0.05) is 19.1 Å². The number of hydrogen-bond acceptors (Lipinski definition) is 4. The van der Waals surface area contributed by atoms with Crippen molar-refractivity contribution in [1.82, 2.24) is 9.97 Å². The highest BCUT2D eigenvalue weighted by Crippen LogP contribution is 2.34. The Bertz CT molecular complexity index is 443. The van der Waals surface area contributed by atoms with Crippen molar-refractivity contribution in [2.24, 2.45) is 0 Å². The highest BCUT2D eigenvalue weighted by molar-refractivity contribution is 9.10. The molecule has 0 aliphatic carbocycles. The van der Waals surface area contributed by atoms with E-state index in [-0.39, 0.29) is 11.5 Å². The van der Waals surface area contributed by atoms with Gasteiger partial charge < -0.3 is 10.1 Å². The molecule has 20 heavy (non-hydrogen) atoms. The van der Waals surface area contributed by atoms with E-state index in [0.29, 0.717) is 0 Å². The van der Waals surface area contributed by atoms with Crippen molar-refractivity contribution >= 4 is 21.7 Å². The van der Waals surface area contributed by atoms with E-state index in [1.54, 1.807) is 7.11 Å². The Hall–Kier alpha value is -0.680. The summed E-state index contributed by atoms with van der Waals surface area (Å²) in [5, 5.41) is 3.30. The first-order valence-corrected chi connectivity index (χ1v) is 7.99. The molecule has 0 saturated heterocycles. The molecule has 1 rings (SSSR count). The SMILES string of the molecule is CCCC(OC)c1nc(NCC)c(Br)c(C(C)(C)C)n1. The molecule has 0 saturated carbocycles. The lowest BCUT2D eigenvalue weighted by Gasteiger charge is -2.24. The molecular formula is C15H26BrN3O. The number of halogens is 1. The van der Waals surface area contributed by atoms with Crippen LogP contribution in [0.25, 0.3) is 0 Å². The summed E-state index contributed by atoms with van der Waals surface area (Å²) in [5.41, 5.74) is 0.960. The van der Waals surface area contributed by atoms with Crippen LogP contribution in [0.4, 0.5) is 5.82 Å². The van der Waals surface area contributed by atoms with Gasteiger partial charge in [-0.05, 0) is 29.3 Å². The Morgan fingerprint density at radius 3 is 2.35 bits per heavy atom. The minimum Gasteiger partial charge on any atom is -0.373 e. The highest BCUT2D eigenvalue weighted by atomic mass is 79.9. The maximum Gasteiger partial charge on any atom is 0.159 e. The molecule has 114 valence electrons. The molecule has 1 atom stereocenters. The monoisotopic (exact) mass is 343 g/mol. The minimum absolute atomic E-state index is 0.0494. The zero-order chi connectivity index (χ0) is 15.3. The van der Waals surface area contributed by atoms with Crippen LogP contribution in [0.1, 0.15) is 65.1 Å². The molecule has 4 nitrogen and oxygen atoms in total. The molecule has 1 unspecified atom stereocenters. The van der Waals surface area contributed by atoms with Crippen LogP contribution in [0.15, 0.2) is 4.47 Å². The Morgan fingerprint density at radius 2 is 1.90 bits per heavy atom. The smallest absolute Gasteiger partial charge is 0.159 e. The van der Waals surface area contributed by atoms with Crippen molar-refractivity contribution in [2.45, 2.75) is 59.0 Å². The van der Waals surface area contributed by atoms with Crippen LogP contribution in [0, 0.1) is 0 Å². The number of methoxy groups -OCH3 is 1. The molecule has 0 fully saturated rings. The standard InChI is InChI=1S/C15H26BrN3O/c1-7-9-10(20-6)13-18-12(15(3,4)5)11(16)14(19-13)17-8-2/h10H,7-9H2,1-6H3,(H,17,18,19). The van der Waals surface area contributed by atoms with Crippen LogP contribution in [0.2, 0.25) is 0 Å². The first kappa shape index (κ1) is 17.4. The summed E-state index contributed by atoms with van der Waals surface area (Å²) in [4.78, 5) is 9.39. The van der Waals surface area contributed by atoms with Crippen LogP contribution < -0.4 is 5.32 Å². The average molecular weight is 344 g/mol. The molecule has 0 amide bonds. The van der Waals surface area contributed by atoms with Gasteiger partial charge in [0.2, 0.25) is 0 Å². The summed E-state index contributed by atoms with van der Waals surface area (Å²) in [6, 6.07) is 0. The predicted molar refractivity (Wildman–Crippen MR) is 87.3 cm³/mol. The largest absolute Gasteiger partial charge is 0.373 e. The highest BCUT2D eigenvalue weighted by Gasteiger charge is 2.25. The second kappa shape index (κ2) is 7.36. The van der Waals surface area contributed by atoms with E-state index in [1.807, 2.05) is 0 Å². The number of anilines is 1. The van der Waals surface area contributed by atoms with E-state index in [1.165, 1.54) is 0 Å². The summed E-state index contributed by atoms with van der Waals surface area (Å²) in [5.74, 6) is 1.61. The maximum absolute atomic E-state index is 5.55. The van der Waals surface area contributed by atoms with E-state index < -0.39 is 0 Å². The molecule has 0 bridgehead atoms. The average Bonchev–Trinajstić information content (AvgIpc) is 2.37. The lowest BCUT2D eigenvalue weighted by molar-refractivity contribution is 0.0873. The molecule has 0 radical (unpaired) electrons. The van der Waals surface area contributed by atoms with Gasteiger partial charge >= 0.3 is 0 Å². The summed E-state index contributed by atoms with van der Waals surface area (Å²) < 4.78 is 6.50. The molecule has 1 aromatic heterocycles. The number of aromatic nitrogens is 2. The van der Waals surface area contributed by atoms with Crippen LogP contribution >= 0.6 is 15.9 Å². The normalized spacial score (nSPS) is 13.3. The molecule has 0 aliphatic rings. The number of nitrogens with zero attached hydrogens (tertiary/aromatic N) is 2. The number of nitrogens with one attached hydrogen (secondary N) is 1. The van der Waals surface area contributed by atoms with Crippen molar-refractivity contribution in [3.8, 4) is 0 Å². The quantitative estimate of drug-likeness (QED) is 0.828.